The Morgan fingerprint density at radius 1 is 1.45 bits per heavy atom. The van der Waals surface area contributed by atoms with E-state index in [1.165, 1.54) is 24.4 Å². The zero-order valence-corrected chi connectivity index (χ0v) is 12.6. The van der Waals surface area contributed by atoms with Crippen molar-refractivity contribution in [3.8, 4) is 0 Å². The molecule has 6 heteroatoms. The molecular weight excluding hydrogens is 304 g/mol. The van der Waals surface area contributed by atoms with Crippen molar-refractivity contribution in [2.75, 3.05) is 5.43 Å². The maximum absolute atomic E-state index is 10.8. The molecule has 0 saturated heterocycles. The highest BCUT2D eigenvalue weighted by molar-refractivity contribution is 6.33. The summed E-state index contributed by atoms with van der Waals surface area (Å²) in [5, 5.41) is 15.2. The number of anilines is 1. The molecule has 1 N–H and O–H groups in total. The van der Waals surface area contributed by atoms with Crippen molar-refractivity contribution in [2.45, 2.75) is 19.3 Å². The summed E-state index contributed by atoms with van der Waals surface area (Å²) in [6.45, 7) is 2.19. The van der Waals surface area contributed by atoms with Crippen LogP contribution in [0, 0.1) is 5.92 Å². The topological polar surface area (TPSA) is 77.7 Å². The van der Waals surface area contributed by atoms with Crippen molar-refractivity contribution in [1.29, 1.82) is 0 Å². The number of benzene rings is 1. The van der Waals surface area contributed by atoms with Crippen LogP contribution in [0.4, 0.5) is 5.69 Å². The summed E-state index contributed by atoms with van der Waals surface area (Å²) in [7, 11) is 0. The Kier molecular flexibility index (Phi) is 3.90. The molecule has 0 amide bonds. The van der Waals surface area contributed by atoms with Gasteiger partial charge in [0, 0.05) is 5.92 Å². The average molecular weight is 318 g/mol. The molecule has 0 radical (unpaired) electrons. The minimum atomic E-state index is -1.27. The minimum absolute atomic E-state index is 0.0325. The fourth-order valence-corrected chi connectivity index (χ4v) is 2.42. The van der Waals surface area contributed by atoms with E-state index in [4.69, 9.17) is 16.0 Å². The van der Waals surface area contributed by atoms with Crippen LogP contribution < -0.4 is 10.5 Å². The van der Waals surface area contributed by atoms with Crippen LogP contribution in [0.1, 0.15) is 41.1 Å². The molecule has 2 atom stereocenters. The maximum Gasteiger partial charge on any atom is 0.147 e. The number of nitrogens with one attached hydrogen (secondary N) is 1. The van der Waals surface area contributed by atoms with Crippen LogP contribution in [0.5, 0.6) is 0 Å². The Bertz CT molecular complexity index is 739. The number of aromatic carboxylic acids is 1. The monoisotopic (exact) mass is 317 g/mol. The second-order valence-corrected chi connectivity index (χ2v) is 5.82. The molecule has 1 saturated carbocycles. The number of halogens is 1. The van der Waals surface area contributed by atoms with Crippen molar-refractivity contribution >= 4 is 29.5 Å². The molecule has 3 rings (SSSR count). The summed E-state index contributed by atoms with van der Waals surface area (Å²) in [5.74, 6) is 1.54. The van der Waals surface area contributed by atoms with Gasteiger partial charge in [-0.25, -0.2) is 0 Å². The molecule has 1 fully saturated rings. The van der Waals surface area contributed by atoms with Gasteiger partial charge in [-0.15, -0.1) is 0 Å². The first-order chi connectivity index (χ1) is 10.5. The van der Waals surface area contributed by atoms with Gasteiger partial charge >= 0.3 is 0 Å². The Labute approximate surface area is 132 Å². The van der Waals surface area contributed by atoms with Crippen LogP contribution in [0.25, 0.3) is 0 Å². The molecular formula is C16H14ClN2O3-. The zero-order chi connectivity index (χ0) is 15.7. The SMILES string of the molecule is C[C@H]1C[C@H]1c1ccc(/C=N\Nc2cc(C(=O)[O-])ccc2Cl)o1. The summed E-state index contributed by atoms with van der Waals surface area (Å²) < 4.78 is 5.68. The Morgan fingerprint density at radius 2 is 2.23 bits per heavy atom. The van der Waals surface area contributed by atoms with Crippen LogP contribution in [0.15, 0.2) is 39.9 Å². The number of hydrogen-bond acceptors (Lipinski definition) is 5. The lowest BCUT2D eigenvalue weighted by Gasteiger charge is -2.07. The third-order valence-electron chi connectivity index (χ3n) is 3.70. The van der Waals surface area contributed by atoms with E-state index in [1.807, 2.05) is 12.1 Å². The van der Waals surface area contributed by atoms with Crippen LogP contribution in [-0.2, 0) is 0 Å². The zero-order valence-electron chi connectivity index (χ0n) is 11.9. The average Bonchev–Trinajstić information content (AvgIpc) is 3.03. The highest BCUT2D eigenvalue weighted by atomic mass is 35.5. The lowest BCUT2D eigenvalue weighted by atomic mass is 10.2. The summed E-state index contributed by atoms with van der Waals surface area (Å²) in [6.07, 6.45) is 2.69. The number of nitrogens with zero attached hydrogens (tertiary/aromatic N) is 1. The van der Waals surface area contributed by atoms with Crippen LogP contribution in [0.2, 0.25) is 5.02 Å². The van der Waals surface area contributed by atoms with E-state index in [-0.39, 0.29) is 5.56 Å². The molecule has 1 aliphatic rings. The van der Waals surface area contributed by atoms with Crippen molar-refractivity contribution in [1.82, 2.24) is 0 Å². The van der Waals surface area contributed by atoms with Gasteiger partial charge in [-0.05, 0) is 42.2 Å². The predicted octanol–water partition coefficient (Wildman–Crippen LogP) is 2.87. The second-order valence-electron chi connectivity index (χ2n) is 5.41. The number of carbonyl (C=O) groups excluding carboxylic acids is 1. The van der Waals surface area contributed by atoms with Gasteiger partial charge in [0.05, 0.1) is 22.9 Å². The van der Waals surface area contributed by atoms with Gasteiger partial charge in [-0.2, -0.15) is 5.10 Å². The van der Waals surface area contributed by atoms with Crippen LogP contribution >= 0.6 is 11.6 Å². The van der Waals surface area contributed by atoms with Gasteiger partial charge in [0.15, 0.2) is 0 Å². The normalized spacial score (nSPS) is 20.3. The smallest absolute Gasteiger partial charge is 0.147 e. The number of hydrazone groups is 1. The van der Waals surface area contributed by atoms with Crippen molar-refractivity contribution in [2.24, 2.45) is 11.0 Å². The number of carboxylic acids is 1. The molecule has 5 nitrogen and oxygen atoms in total. The Hall–Kier alpha value is -2.27. The first-order valence-electron chi connectivity index (χ1n) is 6.94. The van der Waals surface area contributed by atoms with E-state index in [1.54, 1.807) is 0 Å². The number of carboxylic acid groups (broad SMARTS) is 1. The standard InChI is InChI=1S/C16H15ClN2O3/c1-9-6-12(9)15-5-3-11(22-15)8-18-19-14-7-10(16(20)21)2-4-13(14)17/h2-5,7-9,12,19H,6H2,1H3,(H,20,21)/p-1/b18-8-/t9-,12+/m0/s1. The first-order valence-corrected chi connectivity index (χ1v) is 7.32. The predicted molar refractivity (Wildman–Crippen MR) is 82.2 cm³/mol. The number of carbonyl (C=O) groups is 1. The lowest BCUT2D eigenvalue weighted by molar-refractivity contribution is -0.255. The van der Waals surface area contributed by atoms with Crippen molar-refractivity contribution < 1.29 is 14.3 Å². The number of hydrogen-bond donors (Lipinski definition) is 1. The molecule has 0 spiro atoms. The van der Waals surface area contributed by atoms with Gasteiger partial charge < -0.3 is 14.3 Å². The summed E-state index contributed by atoms with van der Waals surface area (Å²) in [4.78, 5) is 10.8. The van der Waals surface area contributed by atoms with Crippen LogP contribution in [-0.4, -0.2) is 12.2 Å². The van der Waals surface area contributed by atoms with E-state index in [9.17, 15) is 9.90 Å². The quantitative estimate of drug-likeness (QED) is 0.679. The Balaban J connectivity index is 1.68. The molecule has 0 bridgehead atoms. The molecule has 1 aliphatic carbocycles. The van der Waals surface area contributed by atoms with E-state index in [2.05, 4.69) is 17.5 Å². The second kappa shape index (κ2) is 5.85. The summed E-state index contributed by atoms with van der Waals surface area (Å²) >= 11 is 5.98. The number of furan rings is 1. The lowest BCUT2D eigenvalue weighted by Crippen LogP contribution is -2.22. The highest BCUT2D eigenvalue weighted by Crippen LogP contribution is 2.47. The van der Waals surface area contributed by atoms with E-state index < -0.39 is 5.97 Å². The molecule has 22 heavy (non-hydrogen) atoms. The molecule has 1 aromatic heterocycles. The third kappa shape index (κ3) is 3.14. The summed E-state index contributed by atoms with van der Waals surface area (Å²) in [5.41, 5.74) is 3.13. The van der Waals surface area contributed by atoms with E-state index in [0.29, 0.717) is 28.3 Å². The van der Waals surface area contributed by atoms with Gasteiger partial charge in [0.2, 0.25) is 0 Å². The highest BCUT2D eigenvalue weighted by Gasteiger charge is 2.36. The minimum Gasteiger partial charge on any atom is -0.545 e. The fraction of sp³-hybridized carbons (Fsp3) is 0.250. The van der Waals surface area contributed by atoms with Crippen molar-refractivity contribution in [3.05, 3.63) is 52.4 Å². The number of rotatable bonds is 5. The van der Waals surface area contributed by atoms with Gasteiger partial charge in [-0.3, -0.25) is 5.43 Å². The van der Waals surface area contributed by atoms with Gasteiger partial charge in [-0.1, -0.05) is 24.6 Å². The van der Waals surface area contributed by atoms with E-state index in [0.717, 1.165) is 12.2 Å². The molecule has 2 aromatic rings. The fourth-order valence-electron chi connectivity index (χ4n) is 2.26. The third-order valence-corrected chi connectivity index (χ3v) is 4.03. The Morgan fingerprint density at radius 3 is 2.91 bits per heavy atom. The first kappa shape index (κ1) is 14.7. The summed E-state index contributed by atoms with van der Waals surface area (Å²) in [6, 6.07) is 8.03. The molecule has 0 unspecified atom stereocenters. The maximum atomic E-state index is 10.8. The van der Waals surface area contributed by atoms with E-state index >= 15 is 0 Å². The molecule has 114 valence electrons. The van der Waals surface area contributed by atoms with Crippen LogP contribution in [0.3, 0.4) is 0 Å². The van der Waals surface area contributed by atoms with Crippen molar-refractivity contribution in [3.63, 3.8) is 0 Å². The van der Waals surface area contributed by atoms with Gasteiger partial charge in [0.25, 0.3) is 0 Å². The largest absolute Gasteiger partial charge is 0.545 e. The molecule has 1 aromatic carbocycles. The van der Waals surface area contributed by atoms with Gasteiger partial charge in [0.1, 0.15) is 11.5 Å². The molecule has 1 heterocycles. The molecule has 0 aliphatic heterocycles.